The second kappa shape index (κ2) is 7.14. The Balaban J connectivity index is 2.04. The molecule has 4 heteroatoms. The summed E-state index contributed by atoms with van der Waals surface area (Å²) in [6.45, 7) is 1.46. The summed E-state index contributed by atoms with van der Waals surface area (Å²) in [4.78, 5) is 10.4. The van der Waals surface area contributed by atoms with Gasteiger partial charge in [-0.15, -0.1) is 0 Å². The van der Waals surface area contributed by atoms with E-state index in [0.717, 1.165) is 43.5 Å². The fourth-order valence-electron chi connectivity index (χ4n) is 2.17. The van der Waals surface area contributed by atoms with Crippen molar-refractivity contribution in [3.63, 3.8) is 0 Å². The molecule has 0 spiro atoms. The van der Waals surface area contributed by atoms with Gasteiger partial charge >= 0.3 is 0 Å². The lowest BCUT2D eigenvalue weighted by atomic mass is 10.1. The normalized spacial score (nSPS) is 18.9. The Morgan fingerprint density at radius 2 is 2.32 bits per heavy atom. The van der Waals surface area contributed by atoms with Gasteiger partial charge in [-0.3, -0.25) is 0 Å². The summed E-state index contributed by atoms with van der Waals surface area (Å²) in [5, 5.41) is 0. The zero-order valence-corrected chi connectivity index (χ0v) is 11.3. The van der Waals surface area contributed by atoms with Gasteiger partial charge in [-0.1, -0.05) is 6.07 Å². The second-order valence-corrected chi connectivity index (χ2v) is 4.65. The SMILES string of the molecule is COc1cc(CCC=O)ccc1OC1CCCOC1. The first-order valence-electron chi connectivity index (χ1n) is 6.68. The van der Waals surface area contributed by atoms with Gasteiger partial charge in [0.05, 0.1) is 13.7 Å². The highest BCUT2D eigenvalue weighted by molar-refractivity contribution is 5.51. The van der Waals surface area contributed by atoms with Crippen LogP contribution < -0.4 is 9.47 Å². The van der Waals surface area contributed by atoms with Crippen molar-refractivity contribution in [3.8, 4) is 11.5 Å². The maximum absolute atomic E-state index is 10.4. The summed E-state index contributed by atoms with van der Waals surface area (Å²) in [5.74, 6) is 1.46. The molecule has 0 amide bonds. The average Bonchev–Trinajstić information content (AvgIpc) is 2.47. The number of aryl methyl sites for hydroxylation is 1. The molecule has 0 saturated carbocycles. The predicted octanol–water partition coefficient (Wildman–Crippen LogP) is 2.38. The van der Waals surface area contributed by atoms with Crippen molar-refractivity contribution in [3.05, 3.63) is 23.8 Å². The highest BCUT2D eigenvalue weighted by Crippen LogP contribution is 2.30. The number of rotatable bonds is 6. The molecule has 104 valence electrons. The quantitative estimate of drug-likeness (QED) is 0.740. The Morgan fingerprint density at radius 1 is 1.42 bits per heavy atom. The zero-order chi connectivity index (χ0) is 13.5. The van der Waals surface area contributed by atoms with E-state index in [0.29, 0.717) is 18.8 Å². The zero-order valence-electron chi connectivity index (χ0n) is 11.3. The van der Waals surface area contributed by atoms with Crippen LogP contribution in [0.5, 0.6) is 11.5 Å². The molecule has 0 aromatic heterocycles. The Bertz CT molecular complexity index is 411. The van der Waals surface area contributed by atoms with Crippen LogP contribution in [0.15, 0.2) is 18.2 Å². The molecule has 1 aliphatic heterocycles. The number of benzene rings is 1. The van der Waals surface area contributed by atoms with Crippen LogP contribution in [-0.4, -0.2) is 32.7 Å². The lowest BCUT2D eigenvalue weighted by molar-refractivity contribution is -0.107. The van der Waals surface area contributed by atoms with Crippen LogP contribution in [0.1, 0.15) is 24.8 Å². The van der Waals surface area contributed by atoms with E-state index in [1.807, 2.05) is 18.2 Å². The first-order valence-corrected chi connectivity index (χ1v) is 6.68. The topological polar surface area (TPSA) is 44.8 Å². The van der Waals surface area contributed by atoms with Gasteiger partial charge in [0.15, 0.2) is 11.5 Å². The monoisotopic (exact) mass is 264 g/mol. The highest BCUT2D eigenvalue weighted by Gasteiger charge is 2.17. The van der Waals surface area contributed by atoms with Crippen LogP contribution in [0.25, 0.3) is 0 Å². The van der Waals surface area contributed by atoms with Crippen molar-refractivity contribution in [2.45, 2.75) is 31.8 Å². The second-order valence-electron chi connectivity index (χ2n) is 4.65. The molecule has 1 heterocycles. The summed E-state index contributed by atoms with van der Waals surface area (Å²) in [6.07, 6.45) is 4.33. The van der Waals surface area contributed by atoms with Crippen molar-refractivity contribution < 1.29 is 19.0 Å². The molecule has 1 unspecified atom stereocenters. The fourth-order valence-corrected chi connectivity index (χ4v) is 2.17. The summed E-state index contributed by atoms with van der Waals surface area (Å²) >= 11 is 0. The van der Waals surface area contributed by atoms with Crippen LogP contribution in [0.2, 0.25) is 0 Å². The van der Waals surface area contributed by atoms with Gasteiger partial charge < -0.3 is 19.0 Å². The fraction of sp³-hybridized carbons (Fsp3) is 0.533. The number of hydrogen-bond acceptors (Lipinski definition) is 4. The number of carbonyl (C=O) groups excluding carboxylic acids is 1. The molecule has 2 rings (SSSR count). The Hall–Kier alpha value is -1.55. The number of aldehydes is 1. The molecule has 1 atom stereocenters. The number of ether oxygens (including phenoxy) is 3. The first-order chi connectivity index (χ1) is 9.33. The van der Waals surface area contributed by atoms with E-state index in [4.69, 9.17) is 14.2 Å². The Morgan fingerprint density at radius 3 is 3.00 bits per heavy atom. The summed E-state index contributed by atoms with van der Waals surface area (Å²) in [5.41, 5.74) is 1.08. The molecular weight excluding hydrogens is 244 g/mol. The van der Waals surface area contributed by atoms with Gasteiger partial charge in [0.2, 0.25) is 0 Å². The van der Waals surface area contributed by atoms with E-state index < -0.39 is 0 Å². The number of hydrogen-bond donors (Lipinski definition) is 0. The molecule has 1 aliphatic rings. The molecule has 1 aromatic rings. The minimum absolute atomic E-state index is 0.100. The lowest BCUT2D eigenvalue weighted by Crippen LogP contribution is -2.28. The van der Waals surface area contributed by atoms with Gasteiger partial charge in [-0.25, -0.2) is 0 Å². The van der Waals surface area contributed by atoms with Crippen LogP contribution in [0.4, 0.5) is 0 Å². The summed E-state index contributed by atoms with van der Waals surface area (Å²) < 4.78 is 16.7. The molecule has 1 aromatic carbocycles. The van der Waals surface area contributed by atoms with Crippen LogP contribution >= 0.6 is 0 Å². The van der Waals surface area contributed by atoms with Crippen molar-refractivity contribution in [2.24, 2.45) is 0 Å². The largest absolute Gasteiger partial charge is 0.493 e. The third-order valence-electron chi connectivity index (χ3n) is 3.19. The van der Waals surface area contributed by atoms with Crippen LogP contribution in [0, 0.1) is 0 Å². The summed E-state index contributed by atoms with van der Waals surface area (Å²) in [6, 6.07) is 5.82. The number of methoxy groups -OCH3 is 1. The van der Waals surface area contributed by atoms with Gasteiger partial charge in [-0.05, 0) is 37.0 Å². The van der Waals surface area contributed by atoms with E-state index >= 15 is 0 Å². The molecule has 0 N–H and O–H groups in total. The lowest BCUT2D eigenvalue weighted by Gasteiger charge is -2.24. The molecule has 0 aliphatic carbocycles. The number of carbonyl (C=O) groups is 1. The maximum atomic E-state index is 10.4. The van der Waals surface area contributed by atoms with Gasteiger partial charge in [0.25, 0.3) is 0 Å². The minimum Gasteiger partial charge on any atom is -0.493 e. The molecule has 0 radical (unpaired) electrons. The standard InChI is InChI=1S/C15H20O4/c1-17-15-10-12(4-2-8-16)6-7-14(15)19-13-5-3-9-18-11-13/h6-8,10,13H,2-5,9,11H2,1H3. The highest BCUT2D eigenvalue weighted by atomic mass is 16.5. The molecule has 1 saturated heterocycles. The molecule has 1 fully saturated rings. The van der Waals surface area contributed by atoms with E-state index in [-0.39, 0.29) is 6.10 Å². The third kappa shape index (κ3) is 3.96. The average molecular weight is 264 g/mol. The van der Waals surface area contributed by atoms with Gasteiger partial charge in [0, 0.05) is 13.0 Å². The van der Waals surface area contributed by atoms with E-state index in [2.05, 4.69) is 0 Å². The van der Waals surface area contributed by atoms with Crippen molar-refractivity contribution in [1.82, 2.24) is 0 Å². The minimum atomic E-state index is 0.100. The molecular formula is C15H20O4. The maximum Gasteiger partial charge on any atom is 0.161 e. The van der Waals surface area contributed by atoms with Crippen LogP contribution in [0.3, 0.4) is 0 Å². The van der Waals surface area contributed by atoms with Crippen molar-refractivity contribution in [1.29, 1.82) is 0 Å². The molecule has 0 bridgehead atoms. The van der Waals surface area contributed by atoms with Gasteiger partial charge in [0.1, 0.15) is 12.4 Å². The Labute approximate surface area is 113 Å². The smallest absolute Gasteiger partial charge is 0.161 e. The van der Waals surface area contributed by atoms with Crippen molar-refractivity contribution in [2.75, 3.05) is 20.3 Å². The molecule has 4 nitrogen and oxygen atoms in total. The Kier molecular flexibility index (Phi) is 5.21. The third-order valence-corrected chi connectivity index (χ3v) is 3.19. The van der Waals surface area contributed by atoms with E-state index in [9.17, 15) is 4.79 Å². The van der Waals surface area contributed by atoms with E-state index in [1.54, 1.807) is 7.11 Å². The molecule has 19 heavy (non-hydrogen) atoms. The van der Waals surface area contributed by atoms with E-state index in [1.165, 1.54) is 0 Å². The first kappa shape index (κ1) is 13.9. The predicted molar refractivity (Wildman–Crippen MR) is 71.8 cm³/mol. The summed E-state index contributed by atoms with van der Waals surface area (Å²) in [7, 11) is 1.63. The van der Waals surface area contributed by atoms with Gasteiger partial charge in [-0.2, -0.15) is 0 Å². The van der Waals surface area contributed by atoms with Crippen molar-refractivity contribution >= 4 is 6.29 Å². The van der Waals surface area contributed by atoms with Crippen LogP contribution in [-0.2, 0) is 16.0 Å².